The molecular weight excluding hydrogens is 404 g/mol. The maximum absolute atomic E-state index is 12.4. The molecule has 0 atom stereocenters. The first-order valence-electron chi connectivity index (χ1n) is 9.80. The summed E-state index contributed by atoms with van der Waals surface area (Å²) in [5.74, 6) is -0.172. The number of amides is 1. The van der Waals surface area contributed by atoms with Crippen LogP contribution in [0.15, 0.2) is 41.3 Å². The number of hydrogen-bond acceptors (Lipinski definition) is 5. The average molecular weight is 431 g/mol. The highest BCUT2D eigenvalue weighted by Gasteiger charge is 2.28. The van der Waals surface area contributed by atoms with E-state index >= 15 is 0 Å². The molecule has 0 saturated heterocycles. The standard InChI is InChI=1S/C22H26N2O5S/c1-14-4-5-16(12-15(14)2)20(25)9-11-22(26)23-19-13-18(8-10-21(19)29-3)30(27,28)24-17-6-7-17/h4-5,8,10,12-13,17,24H,6-7,9,11H2,1-3H3,(H,23,26). The topological polar surface area (TPSA) is 102 Å². The molecule has 0 bridgehead atoms. The van der Waals surface area contributed by atoms with Crippen LogP contribution in [0.1, 0.15) is 47.2 Å². The van der Waals surface area contributed by atoms with Crippen LogP contribution in [0.4, 0.5) is 5.69 Å². The lowest BCUT2D eigenvalue weighted by Crippen LogP contribution is -2.26. The number of benzene rings is 2. The molecule has 2 aromatic carbocycles. The molecule has 0 heterocycles. The van der Waals surface area contributed by atoms with E-state index in [1.807, 2.05) is 26.0 Å². The first-order valence-corrected chi connectivity index (χ1v) is 11.3. The molecule has 1 aliphatic rings. The van der Waals surface area contributed by atoms with Crippen LogP contribution in [0.5, 0.6) is 5.75 Å². The van der Waals surface area contributed by atoms with E-state index in [9.17, 15) is 18.0 Å². The molecule has 0 unspecified atom stereocenters. The van der Waals surface area contributed by atoms with Crippen LogP contribution >= 0.6 is 0 Å². The summed E-state index contributed by atoms with van der Waals surface area (Å²) in [4.78, 5) is 24.8. The van der Waals surface area contributed by atoms with Crippen molar-refractivity contribution >= 4 is 27.4 Å². The van der Waals surface area contributed by atoms with Crippen LogP contribution in [0.2, 0.25) is 0 Å². The number of sulfonamides is 1. The number of ether oxygens (including phenoxy) is 1. The molecule has 1 fully saturated rings. The van der Waals surface area contributed by atoms with Crippen molar-refractivity contribution in [3.05, 3.63) is 53.1 Å². The van der Waals surface area contributed by atoms with Crippen LogP contribution in [-0.2, 0) is 14.8 Å². The molecular formula is C22H26N2O5S. The maximum atomic E-state index is 12.4. The predicted octanol–water partition coefficient (Wildman–Crippen LogP) is 3.35. The van der Waals surface area contributed by atoms with E-state index in [-0.39, 0.29) is 35.2 Å². The van der Waals surface area contributed by atoms with Gasteiger partial charge in [0.25, 0.3) is 0 Å². The van der Waals surface area contributed by atoms with Crippen molar-refractivity contribution in [3.63, 3.8) is 0 Å². The van der Waals surface area contributed by atoms with Gasteiger partial charge in [-0.05, 0) is 62.1 Å². The van der Waals surface area contributed by atoms with Crippen molar-refractivity contribution in [2.75, 3.05) is 12.4 Å². The van der Waals surface area contributed by atoms with Crippen molar-refractivity contribution in [3.8, 4) is 5.75 Å². The second kappa shape index (κ2) is 8.97. The zero-order valence-corrected chi connectivity index (χ0v) is 18.1. The molecule has 2 aromatic rings. The van der Waals surface area contributed by atoms with Gasteiger partial charge in [0, 0.05) is 24.4 Å². The number of anilines is 1. The molecule has 2 N–H and O–H groups in total. The van der Waals surface area contributed by atoms with Gasteiger partial charge in [-0.2, -0.15) is 0 Å². The van der Waals surface area contributed by atoms with Gasteiger partial charge in [-0.3, -0.25) is 9.59 Å². The van der Waals surface area contributed by atoms with E-state index < -0.39 is 15.9 Å². The highest BCUT2D eigenvalue weighted by Crippen LogP contribution is 2.29. The van der Waals surface area contributed by atoms with Crippen LogP contribution in [0.25, 0.3) is 0 Å². The Morgan fingerprint density at radius 1 is 1.03 bits per heavy atom. The normalized spacial score (nSPS) is 13.7. The third-order valence-corrected chi connectivity index (χ3v) is 6.58. The fraction of sp³-hybridized carbons (Fsp3) is 0.364. The van der Waals surface area contributed by atoms with Crippen LogP contribution in [0.3, 0.4) is 0 Å². The van der Waals surface area contributed by atoms with Crippen molar-refractivity contribution in [1.82, 2.24) is 4.72 Å². The van der Waals surface area contributed by atoms with E-state index in [2.05, 4.69) is 10.0 Å². The lowest BCUT2D eigenvalue weighted by atomic mass is 10.0. The second-order valence-corrected chi connectivity index (χ2v) is 9.24. The molecule has 30 heavy (non-hydrogen) atoms. The molecule has 1 amide bonds. The van der Waals surface area contributed by atoms with Crippen LogP contribution in [0, 0.1) is 13.8 Å². The Balaban J connectivity index is 1.66. The molecule has 0 aromatic heterocycles. The number of Topliss-reactive ketones (excluding diaryl/α,β-unsaturated/α-hetero) is 1. The summed E-state index contributed by atoms with van der Waals surface area (Å²) in [6.07, 6.45) is 1.69. The summed E-state index contributed by atoms with van der Waals surface area (Å²) in [6, 6.07) is 9.74. The fourth-order valence-electron chi connectivity index (χ4n) is 2.94. The van der Waals surface area contributed by atoms with Crippen LogP contribution in [-0.4, -0.2) is 33.3 Å². The van der Waals surface area contributed by atoms with Gasteiger partial charge in [0.1, 0.15) is 5.75 Å². The third-order valence-electron chi connectivity index (χ3n) is 5.06. The molecule has 3 rings (SSSR count). The summed E-state index contributed by atoms with van der Waals surface area (Å²) in [5, 5.41) is 2.66. The summed E-state index contributed by atoms with van der Waals surface area (Å²) in [7, 11) is -2.23. The molecule has 8 heteroatoms. The Morgan fingerprint density at radius 2 is 1.77 bits per heavy atom. The Morgan fingerprint density at radius 3 is 2.40 bits per heavy atom. The van der Waals surface area contributed by atoms with E-state index in [1.54, 1.807) is 6.07 Å². The van der Waals surface area contributed by atoms with Gasteiger partial charge in [-0.15, -0.1) is 0 Å². The van der Waals surface area contributed by atoms with Crippen molar-refractivity contribution in [1.29, 1.82) is 0 Å². The van der Waals surface area contributed by atoms with Crippen molar-refractivity contribution in [2.45, 2.75) is 50.5 Å². The van der Waals surface area contributed by atoms with Crippen molar-refractivity contribution < 1.29 is 22.7 Å². The van der Waals surface area contributed by atoms with E-state index in [0.717, 1.165) is 24.0 Å². The van der Waals surface area contributed by atoms with Gasteiger partial charge in [-0.1, -0.05) is 12.1 Å². The second-order valence-electron chi connectivity index (χ2n) is 7.53. The lowest BCUT2D eigenvalue weighted by Gasteiger charge is -2.13. The summed E-state index contributed by atoms with van der Waals surface area (Å²) in [6.45, 7) is 3.91. The van der Waals surface area contributed by atoms with Gasteiger partial charge in [0.15, 0.2) is 5.78 Å². The molecule has 0 aliphatic heterocycles. The average Bonchev–Trinajstić information content (AvgIpc) is 3.51. The highest BCUT2D eigenvalue weighted by molar-refractivity contribution is 7.89. The van der Waals surface area contributed by atoms with Crippen molar-refractivity contribution in [2.24, 2.45) is 0 Å². The smallest absolute Gasteiger partial charge is 0.240 e. The number of hydrogen-bond donors (Lipinski definition) is 2. The minimum Gasteiger partial charge on any atom is -0.495 e. The number of aryl methyl sites for hydroxylation is 2. The quantitative estimate of drug-likeness (QED) is 0.594. The predicted molar refractivity (Wildman–Crippen MR) is 114 cm³/mol. The minimum absolute atomic E-state index is 0.0216. The number of nitrogens with one attached hydrogen (secondary N) is 2. The highest BCUT2D eigenvalue weighted by atomic mass is 32.2. The Kier molecular flexibility index (Phi) is 6.58. The van der Waals surface area contributed by atoms with Gasteiger partial charge in [0.2, 0.25) is 15.9 Å². The zero-order chi connectivity index (χ0) is 21.9. The molecule has 160 valence electrons. The first kappa shape index (κ1) is 22.0. The van der Waals surface area contributed by atoms with Gasteiger partial charge < -0.3 is 10.1 Å². The monoisotopic (exact) mass is 430 g/mol. The Bertz CT molecular complexity index is 1070. The van der Waals surface area contributed by atoms with E-state index in [4.69, 9.17) is 4.74 Å². The number of carbonyl (C=O) groups is 2. The lowest BCUT2D eigenvalue weighted by molar-refractivity contribution is -0.116. The SMILES string of the molecule is COc1ccc(S(=O)(=O)NC2CC2)cc1NC(=O)CCC(=O)c1ccc(C)c(C)c1. The fourth-order valence-corrected chi connectivity index (χ4v) is 4.27. The Hall–Kier alpha value is -2.71. The largest absolute Gasteiger partial charge is 0.495 e. The van der Waals surface area contributed by atoms with Gasteiger partial charge in [0.05, 0.1) is 17.7 Å². The number of rotatable bonds is 9. The Labute approximate surface area is 176 Å². The molecule has 0 radical (unpaired) electrons. The van der Waals surface area contributed by atoms with Gasteiger partial charge >= 0.3 is 0 Å². The minimum atomic E-state index is -3.66. The first-order chi connectivity index (χ1) is 14.2. The van der Waals surface area contributed by atoms with Gasteiger partial charge in [-0.25, -0.2) is 13.1 Å². The van der Waals surface area contributed by atoms with E-state index in [0.29, 0.717) is 11.3 Å². The summed E-state index contributed by atoms with van der Waals surface area (Å²) >= 11 is 0. The number of methoxy groups -OCH3 is 1. The summed E-state index contributed by atoms with van der Waals surface area (Å²) < 4.78 is 32.7. The molecule has 1 saturated carbocycles. The molecule has 1 aliphatic carbocycles. The molecule has 7 nitrogen and oxygen atoms in total. The molecule has 0 spiro atoms. The maximum Gasteiger partial charge on any atom is 0.240 e. The van der Waals surface area contributed by atoms with E-state index in [1.165, 1.54) is 25.3 Å². The number of carbonyl (C=O) groups excluding carboxylic acids is 2. The zero-order valence-electron chi connectivity index (χ0n) is 17.3. The van der Waals surface area contributed by atoms with Crippen LogP contribution < -0.4 is 14.8 Å². The third kappa shape index (κ3) is 5.46. The summed E-state index contributed by atoms with van der Waals surface area (Å²) in [5.41, 5.74) is 2.94. The number of ketones is 1.